The van der Waals surface area contributed by atoms with E-state index in [4.69, 9.17) is 0 Å². The Balaban J connectivity index is 2.20. The SMILES string of the molecule is Cc1ccsc1CNC(=O)CSCC(=O)[O-]. The second-order valence-electron chi connectivity index (χ2n) is 3.17. The molecule has 1 amide bonds. The highest BCUT2D eigenvalue weighted by Crippen LogP contribution is 2.14. The second-order valence-corrected chi connectivity index (χ2v) is 5.15. The average molecular weight is 258 g/mol. The maximum Gasteiger partial charge on any atom is 0.230 e. The van der Waals surface area contributed by atoms with Gasteiger partial charge in [0.2, 0.25) is 5.91 Å². The summed E-state index contributed by atoms with van der Waals surface area (Å²) in [5.74, 6) is -1.30. The maximum atomic E-state index is 11.3. The standard InChI is InChI=1S/C10H13NO3S2/c1-7-2-3-16-8(7)4-11-9(12)5-15-6-10(13)14/h2-3H,4-6H2,1H3,(H,11,12)(H,13,14)/p-1. The van der Waals surface area contributed by atoms with Gasteiger partial charge in [-0.3, -0.25) is 4.79 Å². The minimum absolute atomic E-state index is 0.147. The largest absolute Gasteiger partial charge is 0.549 e. The first-order valence-corrected chi connectivity index (χ1v) is 6.70. The molecule has 1 heterocycles. The number of carbonyl (C=O) groups excluding carboxylic acids is 2. The van der Waals surface area contributed by atoms with Gasteiger partial charge in [-0.25, -0.2) is 0 Å². The molecule has 1 rings (SSSR count). The van der Waals surface area contributed by atoms with Gasteiger partial charge in [0.25, 0.3) is 0 Å². The van der Waals surface area contributed by atoms with Gasteiger partial charge < -0.3 is 15.2 Å². The van der Waals surface area contributed by atoms with Crippen LogP contribution in [0, 0.1) is 6.92 Å². The molecule has 16 heavy (non-hydrogen) atoms. The zero-order valence-corrected chi connectivity index (χ0v) is 10.5. The molecular formula is C10H12NO3S2-. The summed E-state index contributed by atoms with van der Waals surface area (Å²) in [7, 11) is 0. The lowest BCUT2D eigenvalue weighted by Crippen LogP contribution is -2.28. The topological polar surface area (TPSA) is 69.2 Å². The summed E-state index contributed by atoms with van der Waals surface area (Å²) in [5, 5.41) is 14.8. The molecule has 1 aromatic heterocycles. The van der Waals surface area contributed by atoms with E-state index in [-0.39, 0.29) is 17.4 Å². The van der Waals surface area contributed by atoms with Crippen molar-refractivity contribution in [2.45, 2.75) is 13.5 Å². The number of carbonyl (C=O) groups is 2. The first kappa shape index (κ1) is 13.1. The van der Waals surface area contributed by atoms with Crippen molar-refractivity contribution in [3.63, 3.8) is 0 Å². The third kappa shape index (κ3) is 4.67. The molecule has 0 bridgehead atoms. The lowest BCUT2D eigenvalue weighted by Gasteiger charge is -2.05. The van der Waals surface area contributed by atoms with Crippen LogP contribution in [0.15, 0.2) is 11.4 Å². The summed E-state index contributed by atoms with van der Waals surface area (Å²) in [5.41, 5.74) is 1.16. The zero-order valence-electron chi connectivity index (χ0n) is 8.82. The first-order valence-electron chi connectivity index (χ1n) is 4.67. The van der Waals surface area contributed by atoms with Gasteiger partial charge in [0, 0.05) is 10.6 Å². The highest BCUT2D eigenvalue weighted by atomic mass is 32.2. The van der Waals surface area contributed by atoms with E-state index in [0.29, 0.717) is 6.54 Å². The predicted molar refractivity (Wildman–Crippen MR) is 63.2 cm³/mol. The van der Waals surface area contributed by atoms with Gasteiger partial charge in [0.15, 0.2) is 0 Å². The molecule has 88 valence electrons. The Morgan fingerprint density at radius 2 is 2.25 bits per heavy atom. The van der Waals surface area contributed by atoms with Crippen LogP contribution in [0.4, 0.5) is 0 Å². The van der Waals surface area contributed by atoms with Crippen molar-refractivity contribution in [2.24, 2.45) is 0 Å². The molecule has 6 heteroatoms. The Labute approximate surface area is 102 Å². The number of hydrogen-bond donors (Lipinski definition) is 1. The van der Waals surface area contributed by atoms with Gasteiger partial charge in [0.1, 0.15) is 0 Å². The molecular weight excluding hydrogens is 246 g/mol. The van der Waals surface area contributed by atoms with Crippen molar-refractivity contribution in [1.29, 1.82) is 0 Å². The Morgan fingerprint density at radius 1 is 1.50 bits per heavy atom. The van der Waals surface area contributed by atoms with Crippen molar-refractivity contribution < 1.29 is 14.7 Å². The molecule has 0 aliphatic rings. The molecule has 0 fully saturated rings. The number of thioether (sulfide) groups is 1. The van der Waals surface area contributed by atoms with Gasteiger partial charge in [-0.1, -0.05) is 0 Å². The number of nitrogens with one attached hydrogen (secondary N) is 1. The number of carboxylic acids is 1. The van der Waals surface area contributed by atoms with Crippen molar-refractivity contribution in [3.05, 3.63) is 21.9 Å². The normalized spacial score (nSPS) is 10.1. The van der Waals surface area contributed by atoms with Crippen LogP contribution >= 0.6 is 23.1 Å². The number of aliphatic carboxylic acids is 1. The van der Waals surface area contributed by atoms with E-state index < -0.39 is 5.97 Å². The van der Waals surface area contributed by atoms with Crippen molar-refractivity contribution in [3.8, 4) is 0 Å². The summed E-state index contributed by atoms with van der Waals surface area (Å²) in [4.78, 5) is 22.5. The van der Waals surface area contributed by atoms with E-state index in [1.807, 2.05) is 18.4 Å². The van der Waals surface area contributed by atoms with Crippen molar-refractivity contribution in [2.75, 3.05) is 11.5 Å². The fourth-order valence-electron chi connectivity index (χ4n) is 1.04. The van der Waals surface area contributed by atoms with Gasteiger partial charge >= 0.3 is 0 Å². The Kier molecular flexibility index (Phi) is 5.34. The summed E-state index contributed by atoms with van der Waals surface area (Å²) in [6, 6.07) is 2.00. The number of hydrogen-bond acceptors (Lipinski definition) is 5. The monoisotopic (exact) mass is 258 g/mol. The molecule has 0 unspecified atom stereocenters. The van der Waals surface area contributed by atoms with Crippen LogP contribution < -0.4 is 10.4 Å². The van der Waals surface area contributed by atoms with E-state index >= 15 is 0 Å². The molecule has 4 nitrogen and oxygen atoms in total. The Bertz CT molecular complexity index is 376. The van der Waals surface area contributed by atoms with Crippen LogP contribution in [-0.4, -0.2) is 23.4 Å². The van der Waals surface area contributed by atoms with Gasteiger partial charge in [-0.15, -0.1) is 23.1 Å². The summed E-state index contributed by atoms with van der Waals surface area (Å²) in [6.07, 6.45) is 0. The molecule has 1 N–H and O–H groups in total. The van der Waals surface area contributed by atoms with Gasteiger partial charge in [-0.2, -0.15) is 0 Å². The highest BCUT2D eigenvalue weighted by molar-refractivity contribution is 8.00. The molecule has 0 aliphatic carbocycles. The molecule has 0 saturated carbocycles. The summed E-state index contributed by atoms with van der Waals surface area (Å²) < 4.78 is 0. The summed E-state index contributed by atoms with van der Waals surface area (Å²) >= 11 is 2.63. The van der Waals surface area contributed by atoms with Gasteiger partial charge in [0.05, 0.1) is 18.3 Å². The van der Waals surface area contributed by atoms with Crippen molar-refractivity contribution >= 4 is 35.0 Å². The zero-order chi connectivity index (χ0) is 12.0. The number of thiophene rings is 1. The third-order valence-corrected chi connectivity index (χ3v) is 3.80. The lowest BCUT2D eigenvalue weighted by molar-refractivity contribution is -0.301. The van der Waals surface area contributed by atoms with E-state index in [1.165, 1.54) is 0 Å². The summed E-state index contributed by atoms with van der Waals surface area (Å²) in [6.45, 7) is 2.50. The number of aryl methyl sites for hydroxylation is 1. The van der Waals surface area contributed by atoms with Crippen LogP contribution in [0.3, 0.4) is 0 Å². The van der Waals surface area contributed by atoms with Crippen LogP contribution in [-0.2, 0) is 16.1 Å². The van der Waals surface area contributed by atoms with E-state index in [1.54, 1.807) is 11.3 Å². The average Bonchev–Trinajstić information content (AvgIpc) is 2.60. The fraction of sp³-hybridized carbons (Fsp3) is 0.400. The highest BCUT2D eigenvalue weighted by Gasteiger charge is 2.04. The number of amides is 1. The number of rotatable bonds is 6. The Morgan fingerprint density at radius 3 is 2.81 bits per heavy atom. The molecule has 0 radical (unpaired) electrons. The van der Waals surface area contributed by atoms with Crippen LogP contribution in [0.25, 0.3) is 0 Å². The van der Waals surface area contributed by atoms with Crippen molar-refractivity contribution in [1.82, 2.24) is 5.32 Å². The smallest absolute Gasteiger partial charge is 0.230 e. The minimum Gasteiger partial charge on any atom is -0.549 e. The van der Waals surface area contributed by atoms with Crippen LogP contribution in [0.5, 0.6) is 0 Å². The molecule has 0 aliphatic heterocycles. The van der Waals surface area contributed by atoms with E-state index in [0.717, 1.165) is 22.2 Å². The molecule has 0 aromatic carbocycles. The fourth-order valence-corrected chi connectivity index (χ4v) is 2.44. The second kappa shape index (κ2) is 6.55. The Hall–Kier alpha value is -1.01. The predicted octanol–water partition coefficient (Wildman–Crippen LogP) is 0.156. The first-order chi connectivity index (χ1) is 7.59. The molecule has 0 spiro atoms. The third-order valence-electron chi connectivity index (χ3n) is 1.87. The van der Waals surface area contributed by atoms with Gasteiger partial charge in [-0.05, 0) is 23.9 Å². The van der Waals surface area contributed by atoms with E-state index in [2.05, 4.69) is 5.32 Å². The quantitative estimate of drug-likeness (QED) is 0.789. The minimum atomic E-state index is -1.15. The van der Waals surface area contributed by atoms with Crippen LogP contribution in [0.1, 0.15) is 10.4 Å². The lowest BCUT2D eigenvalue weighted by atomic mass is 10.3. The van der Waals surface area contributed by atoms with Crippen LogP contribution in [0.2, 0.25) is 0 Å². The molecule has 0 atom stereocenters. The maximum absolute atomic E-state index is 11.3. The molecule has 1 aromatic rings. The number of carboxylic acid groups (broad SMARTS) is 1. The molecule has 0 saturated heterocycles. The van der Waals surface area contributed by atoms with E-state index in [9.17, 15) is 14.7 Å².